The number of hydrogen-bond donors (Lipinski definition) is 0. The predicted molar refractivity (Wildman–Crippen MR) is 289 cm³/mol. The Balaban J connectivity index is 1.19. The molecule has 0 saturated carbocycles. The van der Waals surface area contributed by atoms with Crippen LogP contribution in [0.25, 0.3) is 53.6 Å². The molecule has 1 aromatic heterocycles. The zero-order valence-corrected chi connectivity index (χ0v) is 39.4. The molecule has 0 N–H and O–H groups in total. The van der Waals surface area contributed by atoms with Gasteiger partial charge in [-0.25, -0.2) is 0 Å². The first-order valence-electron chi connectivity index (χ1n) is 23.7. The monoisotopic (exact) mass is 888 g/mol. The highest BCUT2D eigenvalue weighted by atomic mass is 32.1. The predicted octanol–water partition coefficient (Wildman–Crippen LogP) is 18.2. The minimum atomic E-state index is -0.739. The molecule has 0 radical (unpaired) electrons. The Bertz CT molecular complexity index is 3510. The zero-order chi connectivity index (χ0) is 45.7. The normalized spacial score (nSPS) is 12.8. The van der Waals surface area contributed by atoms with E-state index in [1.165, 1.54) is 98.1 Å². The van der Waals surface area contributed by atoms with Gasteiger partial charge < -0.3 is 9.80 Å². The van der Waals surface area contributed by atoms with E-state index in [0.717, 1.165) is 34.1 Å². The zero-order valence-electron chi connectivity index (χ0n) is 38.6. The Labute approximate surface area is 402 Å². The number of fused-ring (bicyclic) bond motifs is 16. The molecule has 0 bridgehead atoms. The van der Waals surface area contributed by atoms with Crippen molar-refractivity contribution in [3.63, 3.8) is 0 Å². The maximum atomic E-state index is 2.53. The quantitative estimate of drug-likeness (QED) is 0.164. The van der Waals surface area contributed by atoms with Crippen LogP contribution in [-0.2, 0) is 5.41 Å². The van der Waals surface area contributed by atoms with Crippen LogP contribution in [0.2, 0.25) is 0 Å². The molecule has 3 heteroatoms. The van der Waals surface area contributed by atoms with E-state index in [1.54, 1.807) is 0 Å². The van der Waals surface area contributed by atoms with E-state index >= 15 is 0 Å². The van der Waals surface area contributed by atoms with Crippen LogP contribution in [0.5, 0.6) is 0 Å². The van der Waals surface area contributed by atoms with Crippen molar-refractivity contribution in [3.8, 4) is 33.4 Å². The summed E-state index contributed by atoms with van der Waals surface area (Å²) < 4.78 is 2.62. The molecule has 324 valence electrons. The molecule has 10 aromatic carbocycles. The first-order valence-corrected chi connectivity index (χ1v) is 24.5. The Morgan fingerprint density at radius 1 is 0.309 bits per heavy atom. The molecule has 68 heavy (non-hydrogen) atoms. The number of benzene rings is 10. The van der Waals surface area contributed by atoms with Crippen molar-refractivity contribution in [3.05, 3.63) is 263 Å². The second-order valence-electron chi connectivity index (χ2n) is 18.8. The maximum absolute atomic E-state index is 2.53. The maximum Gasteiger partial charge on any atom is 0.0727 e. The number of hydrogen-bond acceptors (Lipinski definition) is 3. The molecule has 2 nitrogen and oxygen atoms in total. The molecule has 0 aliphatic heterocycles. The molecule has 0 saturated heterocycles. The first kappa shape index (κ1) is 40.3. The highest BCUT2D eigenvalue weighted by Crippen LogP contribution is 2.64. The van der Waals surface area contributed by atoms with E-state index in [-0.39, 0.29) is 0 Å². The van der Waals surface area contributed by atoms with Crippen LogP contribution < -0.4 is 9.80 Å². The van der Waals surface area contributed by atoms with E-state index in [9.17, 15) is 0 Å². The van der Waals surface area contributed by atoms with Gasteiger partial charge in [-0.1, -0.05) is 156 Å². The van der Waals surface area contributed by atoms with Gasteiger partial charge in [0.05, 0.1) is 5.41 Å². The third-order valence-corrected chi connectivity index (χ3v) is 15.7. The van der Waals surface area contributed by atoms with Gasteiger partial charge in [-0.15, -0.1) is 11.3 Å². The van der Waals surface area contributed by atoms with E-state index in [0.29, 0.717) is 0 Å². The Kier molecular flexibility index (Phi) is 9.22. The van der Waals surface area contributed by atoms with E-state index in [1.807, 2.05) is 11.3 Å². The first-order chi connectivity index (χ1) is 33.3. The minimum Gasteiger partial charge on any atom is -0.310 e. The van der Waals surface area contributed by atoms with Gasteiger partial charge in [0.25, 0.3) is 0 Å². The van der Waals surface area contributed by atoms with Crippen LogP contribution in [0.15, 0.2) is 218 Å². The third kappa shape index (κ3) is 6.09. The van der Waals surface area contributed by atoms with E-state index < -0.39 is 5.41 Å². The number of nitrogens with zero attached hydrogens (tertiary/aromatic N) is 2. The summed E-state index contributed by atoms with van der Waals surface area (Å²) in [7, 11) is 0. The molecule has 2 aliphatic rings. The van der Waals surface area contributed by atoms with E-state index in [4.69, 9.17) is 0 Å². The van der Waals surface area contributed by atoms with Crippen LogP contribution in [-0.4, -0.2) is 0 Å². The lowest BCUT2D eigenvalue weighted by molar-refractivity contribution is 0.776. The van der Waals surface area contributed by atoms with Gasteiger partial charge in [-0.3, -0.25) is 0 Å². The van der Waals surface area contributed by atoms with Gasteiger partial charge in [-0.2, -0.15) is 0 Å². The minimum absolute atomic E-state index is 0.739. The van der Waals surface area contributed by atoms with Gasteiger partial charge in [0.1, 0.15) is 0 Å². The number of anilines is 6. The van der Waals surface area contributed by atoms with Crippen molar-refractivity contribution in [1.29, 1.82) is 0 Å². The molecule has 13 rings (SSSR count). The largest absolute Gasteiger partial charge is 0.310 e. The van der Waals surface area contributed by atoms with E-state index in [2.05, 4.69) is 256 Å². The van der Waals surface area contributed by atoms with Crippen molar-refractivity contribution in [2.45, 2.75) is 33.1 Å². The van der Waals surface area contributed by atoms with Crippen molar-refractivity contribution in [2.75, 3.05) is 9.80 Å². The third-order valence-electron chi connectivity index (χ3n) is 14.6. The molecule has 0 amide bonds. The molecule has 2 aliphatic carbocycles. The second kappa shape index (κ2) is 15.6. The summed E-state index contributed by atoms with van der Waals surface area (Å²) in [5.74, 6) is 0. The van der Waals surface area contributed by atoms with Gasteiger partial charge in [0.2, 0.25) is 0 Å². The summed E-state index contributed by atoms with van der Waals surface area (Å²) in [6, 6.07) is 82.7. The summed E-state index contributed by atoms with van der Waals surface area (Å²) in [5, 5.41) is 2.65. The summed E-state index contributed by atoms with van der Waals surface area (Å²) in [5.41, 5.74) is 23.6. The molecule has 0 atom stereocenters. The van der Waals surface area contributed by atoms with Crippen molar-refractivity contribution >= 4 is 65.6 Å². The number of thiophene rings is 1. The van der Waals surface area contributed by atoms with Crippen LogP contribution in [0.1, 0.15) is 44.5 Å². The molecule has 1 spiro atoms. The van der Waals surface area contributed by atoms with Crippen molar-refractivity contribution in [2.24, 2.45) is 0 Å². The highest BCUT2D eigenvalue weighted by molar-refractivity contribution is 7.26. The number of aryl methyl sites for hydroxylation is 4. The van der Waals surface area contributed by atoms with Gasteiger partial charge >= 0.3 is 0 Å². The SMILES string of the molecule is Cc1ccc(N(c2ccc(C)cc2)c2ccc3c(c2)C2(c4cc(N(c5ccc(C)cc5)c5ccc(C)cc5)ccc4-c4ccccc4-3)c3ccccc3-c3c2ccc2sc4ccccc4c32)cc1. The fourth-order valence-corrected chi connectivity index (χ4v) is 12.5. The van der Waals surface area contributed by atoms with Crippen molar-refractivity contribution < 1.29 is 0 Å². The standard InChI is InChI=1S/C65H48N2S/c1-41-17-25-45(26-18-41)66(46-27-19-42(2)20-28-46)49-33-35-53-51-11-5-6-12-52(51)54-36-34-50(67(47-29-21-43(3)22-30-47)48-31-23-44(4)24-32-48)40-60(54)65(59(53)39-49)57-15-9-7-13-55(57)63-58(65)37-38-62-64(63)56-14-8-10-16-61(56)68-62/h5-40H,1-4H3. The van der Waals surface area contributed by atoms with Crippen molar-refractivity contribution in [1.82, 2.24) is 0 Å². The molecule has 0 fully saturated rings. The second-order valence-corrected chi connectivity index (χ2v) is 19.9. The highest BCUT2D eigenvalue weighted by Gasteiger charge is 2.51. The Morgan fingerprint density at radius 2 is 0.721 bits per heavy atom. The summed E-state index contributed by atoms with van der Waals surface area (Å²) in [4.78, 5) is 4.88. The smallest absolute Gasteiger partial charge is 0.0727 e. The summed E-state index contributed by atoms with van der Waals surface area (Å²) in [6.45, 7) is 8.65. The van der Waals surface area contributed by atoms with Crippen LogP contribution >= 0.6 is 11.3 Å². The van der Waals surface area contributed by atoms with Crippen LogP contribution in [0.3, 0.4) is 0 Å². The molecular formula is C65H48N2S. The summed E-state index contributed by atoms with van der Waals surface area (Å²) in [6.07, 6.45) is 0. The van der Waals surface area contributed by atoms with Gasteiger partial charge in [0, 0.05) is 54.3 Å². The molecule has 1 heterocycles. The summed E-state index contributed by atoms with van der Waals surface area (Å²) >= 11 is 1.90. The van der Waals surface area contributed by atoms with Gasteiger partial charge in [0.15, 0.2) is 0 Å². The Hall–Kier alpha value is -7.98. The fraction of sp³-hybridized carbons (Fsp3) is 0.0769. The molecule has 0 unspecified atom stereocenters. The Morgan fingerprint density at radius 3 is 1.21 bits per heavy atom. The number of rotatable bonds is 6. The molecular weight excluding hydrogens is 841 g/mol. The lowest BCUT2D eigenvalue weighted by Gasteiger charge is -2.37. The average Bonchev–Trinajstić information content (AvgIpc) is 3.87. The van der Waals surface area contributed by atoms with Gasteiger partial charge in [-0.05, 0) is 168 Å². The molecule has 11 aromatic rings. The lowest BCUT2D eigenvalue weighted by Crippen LogP contribution is -2.30. The fourth-order valence-electron chi connectivity index (χ4n) is 11.4. The van der Waals surface area contributed by atoms with Crippen LogP contribution in [0, 0.1) is 27.7 Å². The topological polar surface area (TPSA) is 6.48 Å². The average molecular weight is 889 g/mol. The lowest BCUT2D eigenvalue weighted by atomic mass is 9.65. The van der Waals surface area contributed by atoms with Crippen LogP contribution in [0.4, 0.5) is 34.1 Å².